The highest BCUT2D eigenvalue weighted by atomic mass is 32.2. The third-order valence-electron chi connectivity index (χ3n) is 2.25. The zero-order valence-electron chi connectivity index (χ0n) is 9.71. The number of hydrogen-bond donors (Lipinski definition) is 0. The molecule has 0 spiro atoms. The van der Waals surface area contributed by atoms with Crippen LogP contribution in [0.2, 0.25) is 0 Å². The smallest absolute Gasteiger partial charge is 0.0210 e. The number of hydrogen-bond acceptors (Lipinski definition) is 1. The van der Waals surface area contributed by atoms with Gasteiger partial charge in [-0.25, -0.2) is 0 Å². The van der Waals surface area contributed by atoms with E-state index in [0.29, 0.717) is 0 Å². The van der Waals surface area contributed by atoms with E-state index in [2.05, 4.69) is 50.1 Å². The minimum absolute atomic E-state index is 1.10. The molecule has 0 aliphatic heterocycles. The Morgan fingerprint density at radius 2 is 1.87 bits per heavy atom. The second-order valence-electron chi connectivity index (χ2n) is 3.67. The fourth-order valence-corrected chi connectivity index (χ4v) is 1.77. The lowest BCUT2D eigenvalue weighted by molar-refractivity contribution is 1.14. The van der Waals surface area contributed by atoms with Crippen molar-refractivity contribution in [3.05, 3.63) is 52.3 Å². The number of thioether (sulfide) groups is 1. The molecule has 15 heavy (non-hydrogen) atoms. The topological polar surface area (TPSA) is 0 Å². The van der Waals surface area contributed by atoms with Crippen molar-refractivity contribution < 1.29 is 0 Å². The second kappa shape index (κ2) is 5.82. The molecule has 0 saturated heterocycles. The third-order valence-corrected chi connectivity index (χ3v) is 3.13. The van der Waals surface area contributed by atoms with Crippen LogP contribution < -0.4 is 0 Å². The van der Waals surface area contributed by atoms with Crippen LogP contribution in [0.1, 0.15) is 31.9 Å². The summed E-state index contributed by atoms with van der Waals surface area (Å²) in [4.78, 5) is 1.12. The first-order chi connectivity index (χ1) is 7.13. The zero-order chi connectivity index (χ0) is 11.3. The molecule has 0 bridgehead atoms. The van der Waals surface area contributed by atoms with Crippen molar-refractivity contribution in [1.82, 2.24) is 0 Å². The maximum absolute atomic E-state index is 3.87. The minimum Gasteiger partial charge on any atom is -0.103 e. The summed E-state index contributed by atoms with van der Waals surface area (Å²) in [6, 6.07) is 8.75. The summed E-state index contributed by atoms with van der Waals surface area (Å²) in [5.74, 6) is 0. The van der Waals surface area contributed by atoms with Crippen molar-refractivity contribution in [2.24, 2.45) is 0 Å². The monoisotopic (exact) mass is 218 g/mol. The molecular formula is C14H18S. The predicted octanol–water partition coefficient (Wildman–Crippen LogP) is 4.88. The largest absolute Gasteiger partial charge is 0.103 e. The standard InChI is InChI=1S/C14H18S/c1-5-13-6-8-14(9-7-13)12(4)10-15-11(2)3/h6-10H,2,5H2,1,3-4H3/b12-10+. The van der Waals surface area contributed by atoms with Gasteiger partial charge in [-0.3, -0.25) is 0 Å². The Labute approximate surface area is 97.1 Å². The molecule has 0 atom stereocenters. The molecule has 0 unspecified atom stereocenters. The van der Waals surface area contributed by atoms with Gasteiger partial charge in [0.2, 0.25) is 0 Å². The lowest BCUT2D eigenvalue weighted by Gasteiger charge is -2.03. The minimum atomic E-state index is 1.10. The molecule has 0 fully saturated rings. The molecule has 1 heteroatoms. The molecule has 0 aromatic heterocycles. The molecule has 1 aromatic carbocycles. The van der Waals surface area contributed by atoms with Gasteiger partial charge in [-0.2, -0.15) is 0 Å². The molecule has 0 N–H and O–H groups in total. The molecule has 0 saturated carbocycles. The van der Waals surface area contributed by atoms with E-state index in [0.717, 1.165) is 11.3 Å². The van der Waals surface area contributed by atoms with E-state index < -0.39 is 0 Å². The Kier molecular flexibility index (Phi) is 4.70. The van der Waals surface area contributed by atoms with E-state index in [9.17, 15) is 0 Å². The highest BCUT2D eigenvalue weighted by Gasteiger charge is 1.95. The fourth-order valence-electron chi connectivity index (χ4n) is 1.26. The summed E-state index contributed by atoms with van der Waals surface area (Å²) in [5.41, 5.74) is 3.98. The molecule has 0 heterocycles. The van der Waals surface area contributed by atoms with E-state index in [1.807, 2.05) is 6.92 Å². The maximum atomic E-state index is 3.87. The van der Waals surface area contributed by atoms with Gasteiger partial charge in [0.25, 0.3) is 0 Å². The van der Waals surface area contributed by atoms with Crippen molar-refractivity contribution >= 4 is 17.3 Å². The highest BCUT2D eigenvalue weighted by Crippen LogP contribution is 2.22. The van der Waals surface area contributed by atoms with Crippen LogP contribution in [0.4, 0.5) is 0 Å². The van der Waals surface area contributed by atoms with E-state index >= 15 is 0 Å². The second-order valence-corrected chi connectivity index (χ2v) is 4.84. The van der Waals surface area contributed by atoms with Crippen molar-refractivity contribution in [3.8, 4) is 0 Å². The first-order valence-corrected chi connectivity index (χ1v) is 6.09. The molecule has 0 amide bonds. The Balaban J connectivity index is 2.77. The number of benzene rings is 1. The summed E-state index contributed by atoms with van der Waals surface area (Å²) in [6.45, 7) is 10.2. The van der Waals surface area contributed by atoms with Gasteiger partial charge in [0.05, 0.1) is 0 Å². The molecule has 1 rings (SSSR count). The molecule has 0 aliphatic carbocycles. The number of allylic oxidation sites excluding steroid dienone is 2. The van der Waals surface area contributed by atoms with Crippen LogP contribution in [0.5, 0.6) is 0 Å². The number of aryl methyl sites for hydroxylation is 1. The van der Waals surface area contributed by atoms with Crippen LogP contribution in [0.25, 0.3) is 5.57 Å². The summed E-state index contributed by atoms with van der Waals surface area (Å²) < 4.78 is 0. The molecule has 1 aromatic rings. The van der Waals surface area contributed by atoms with E-state index in [-0.39, 0.29) is 0 Å². The Hall–Kier alpha value is -0.950. The van der Waals surface area contributed by atoms with Crippen LogP contribution >= 0.6 is 11.8 Å². The number of rotatable bonds is 4. The molecule has 0 radical (unpaired) electrons. The summed E-state index contributed by atoms with van der Waals surface area (Å²) in [7, 11) is 0. The van der Waals surface area contributed by atoms with Crippen molar-refractivity contribution in [2.45, 2.75) is 27.2 Å². The lowest BCUT2D eigenvalue weighted by Crippen LogP contribution is -1.82. The van der Waals surface area contributed by atoms with Gasteiger partial charge in [0, 0.05) is 0 Å². The van der Waals surface area contributed by atoms with Gasteiger partial charge >= 0.3 is 0 Å². The maximum Gasteiger partial charge on any atom is -0.0210 e. The average Bonchev–Trinajstić information content (AvgIpc) is 2.26. The Morgan fingerprint density at radius 1 is 1.27 bits per heavy atom. The zero-order valence-corrected chi connectivity index (χ0v) is 10.5. The van der Waals surface area contributed by atoms with E-state index in [4.69, 9.17) is 0 Å². The summed E-state index contributed by atoms with van der Waals surface area (Å²) in [6.07, 6.45) is 1.10. The lowest BCUT2D eigenvalue weighted by atomic mass is 10.1. The van der Waals surface area contributed by atoms with Gasteiger partial charge in [0.1, 0.15) is 0 Å². The first-order valence-electron chi connectivity index (χ1n) is 5.21. The van der Waals surface area contributed by atoms with Crippen LogP contribution in [0.15, 0.2) is 41.2 Å². The van der Waals surface area contributed by atoms with Crippen LogP contribution in [-0.4, -0.2) is 0 Å². The summed E-state index contributed by atoms with van der Waals surface area (Å²) >= 11 is 1.69. The van der Waals surface area contributed by atoms with Crippen molar-refractivity contribution in [3.63, 3.8) is 0 Å². The van der Waals surface area contributed by atoms with Gasteiger partial charge in [0.15, 0.2) is 0 Å². The normalized spacial score (nSPS) is 11.5. The van der Waals surface area contributed by atoms with Gasteiger partial charge in [-0.15, -0.1) is 11.8 Å². The van der Waals surface area contributed by atoms with Crippen LogP contribution in [0, 0.1) is 0 Å². The van der Waals surface area contributed by atoms with E-state index in [1.165, 1.54) is 16.7 Å². The summed E-state index contributed by atoms with van der Waals surface area (Å²) in [5, 5.41) is 2.16. The molecule has 80 valence electrons. The molecule has 0 aliphatic rings. The fraction of sp³-hybridized carbons (Fsp3) is 0.286. The molecular weight excluding hydrogens is 200 g/mol. The third kappa shape index (κ3) is 3.96. The van der Waals surface area contributed by atoms with Gasteiger partial charge in [-0.1, -0.05) is 37.8 Å². The first kappa shape index (κ1) is 12.1. The van der Waals surface area contributed by atoms with E-state index in [1.54, 1.807) is 11.8 Å². The average molecular weight is 218 g/mol. The van der Waals surface area contributed by atoms with Gasteiger partial charge in [-0.05, 0) is 47.3 Å². The predicted molar refractivity (Wildman–Crippen MR) is 71.9 cm³/mol. The van der Waals surface area contributed by atoms with Crippen molar-refractivity contribution in [2.75, 3.05) is 0 Å². The Morgan fingerprint density at radius 3 is 2.33 bits per heavy atom. The SMILES string of the molecule is C=C(C)S/C=C(\C)c1ccc(CC)cc1. The van der Waals surface area contributed by atoms with Crippen molar-refractivity contribution in [1.29, 1.82) is 0 Å². The Bertz CT molecular complexity index is 357. The molecule has 0 nitrogen and oxygen atoms in total. The van der Waals surface area contributed by atoms with Crippen LogP contribution in [0.3, 0.4) is 0 Å². The highest BCUT2D eigenvalue weighted by molar-refractivity contribution is 8.05. The van der Waals surface area contributed by atoms with Gasteiger partial charge < -0.3 is 0 Å². The van der Waals surface area contributed by atoms with Crippen LogP contribution in [-0.2, 0) is 6.42 Å². The quantitative estimate of drug-likeness (QED) is 0.694.